The van der Waals surface area contributed by atoms with Crippen molar-refractivity contribution in [1.82, 2.24) is 0 Å². The molecule has 4 unspecified atom stereocenters. The Morgan fingerprint density at radius 2 is 1.59 bits per heavy atom. The van der Waals surface area contributed by atoms with Gasteiger partial charge >= 0.3 is 0 Å². The smallest absolute Gasteiger partial charge is 0.184 e. The fourth-order valence-electron chi connectivity index (χ4n) is 3.63. The molecule has 0 N–H and O–H groups in total. The maximum absolute atomic E-state index is 6.61. The van der Waals surface area contributed by atoms with Gasteiger partial charge < -0.3 is 14.2 Å². The highest BCUT2D eigenvalue weighted by Crippen LogP contribution is 2.36. The van der Waals surface area contributed by atoms with Crippen LogP contribution in [0.3, 0.4) is 0 Å². The van der Waals surface area contributed by atoms with E-state index in [1.807, 2.05) is 24.3 Å². The van der Waals surface area contributed by atoms with Crippen LogP contribution in [0.15, 0.2) is 60.7 Å². The minimum Gasteiger partial charge on any atom is -0.365 e. The topological polar surface area (TPSA) is 27.7 Å². The summed E-state index contributed by atoms with van der Waals surface area (Å²) >= 11 is 0. The fraction of sp³-hybridized carbons (Fsp3) is 0.500. The number of hydrogen-bond acceptors (Lipinski definition) is 3. The molecule has 0 aliphatic carbocycles. The number of benzene rings is 2. The van der Waals surface area contributed by atoms with E-state index in [2.05, 4.69) is 64.1 Å². The average molecular weight is 369 g/mol. The molecule has 27 heavy (non-hydrogen) atoms. The van der Waals surface area contributed by atoms with Gasteiger partial charge in [-0.25, -0.2) is 0 Å². The molecule has 1 heterocycles. The molecule has 1 aliphatic rings. The van der Waals surface area contributed by atoms with Gasteiger partial charge in [0.15, 0.2) is 6.29 Å². The van der Waals surface area contributed by atoms with Gasteiger partial charge in [-0.1, -0.05) is 94.8 Å². The van der Waals surface area contributed by atoms with Crippen molar-refractivity contribution in [3.8, 4) is 0 Å². The van der Waals surface area contributed by atoms with Crippen molar-refractivity contribution < 1.29 is 14.2 Å². The summed E-state index contributed by atoms with van der Waals surface area (Å²) in [7, 11) is 0. The van der Waals surface area contributed by atoms with Gasteiger partial charge in [0.25, 0.3) is 0 Å². The Morgan fingerprint density at radius 3 is 2.19 bits per heavy atom. The molecule has 0 spiro atoms. The van der Waals surface area contributed by atoms with Gasteiger partial charge in [0.1, 0.15) is 6.10 Å². The van der Waals surface area contributed by atoms with Crippen LogP contribution in [0.2, 0.25) is 0 Å². The largest absolute Gasteiger partial charge is 0.365 e. The highest BCUT2D eigenvalue weighted by atomic mass is 16.7. The van der Waals surface area contributed by atoms with Crippen LogP contribution in [0.25, 0.3) is 0 Å². The molecule has 3 heteroatoms. The summed E-state index contributed by atoms with van der Waals surface area (Å²) in [5.74, 6) is 0.769. The third-order valence-electron chi connectivity index (χ3n) is 5.39. The highest BCUT2D eigenvalue weighted by molar-refractivity contribution is 5.19. The number of ether oxygens (including phenoxy) is 3. The molecule has 0 aromatic heterocycles. The lowest BCUT2D eigenvalue weighted by atomic mass is 9.94. The predicted octanol–water partition coefficient (Wildman–Crippen LogP) is 5.93. The molecular formula is C24H32O3. The first-order chi connectivity index (χ1) is 13.1. The number of hydrogen-bond donors (Lipinski definition) is 0. The third kappa shape index (κ3) is 4.98. The molecule has 3 nitrogen and oxygen atoms in total. The van der Waals surface area contributed by atoms with E-state index < -0.39 is 0 Å². The molecule has 146 valence electrons. The zero-order chi connectivity index (χ0) is 19.2. The normalized spacial score (nSPS) is 25.3. The first-order valence-electron chi connectivity index (χ1n) is 10.1. The van der Waals surface area contributed by atoms with Gasteiger partial charge in [0.2, 0.25) is 0 Å². The number of rotatable bonds is 7. The van der Waals surface area contributed by atoms with Crippen LogP contribution in [0.5, 0.6) is 0 Å². The van der Waals surface area contributed by atoms with E-state index >= 15 is 0 Å². The van der Waals surface area contributed by atoms with Gasteiger partial charge in [0, 0.05) is 5.56 Å². The summed E-state index contributed by atoms with van der Waals surface area (Å²) in [6, 6.07) is 20.6. The third-order valence-corrected chi connectivity index (χ3v) is 5.39. The lowest BCUT2D eigenvalue weighted by molar-refractivity contribution is -0.285. The molecule has 0 saturated carbocycles. The Kier molecular flexibility index (Phi) is 7.06. The maximum atomic E-state index is 6.61. The van der Waals surface area contributed by atoms with Crippen LogP contribution in [0.1, 0.15) is 57.6 Å². The van der Waals surface area contributed by atoms with Gasteiger partial charge in [-0.2, -0.15) is 0 Å². The van der Waals surface area contributed by atoms with Crippen LogP contribution >= 0.6 is 0 Å². The second-order valence-corrected chi connectivity index (χ2v) is 7.81. The SMILES string of the molecule is CC[C@@H](C)C1OC(c2ccccc2)OCC1OC(c1ccccc1)C(C)C. The maximum Gasteiger partial charge on any atom is 0.184 e. The zero-order valence-corrected chi connectivity index (χ0v) is 16.9. The molecule has 5 atom stereocenters. The molecule has 2 aromatic rings. The summed E-state index contributed by atoms with van der Waals surface area (Å²) in [6.45, 7) is 9.39. The molecule has 1 saturated heterocycles. The van der Waals surface area contributed by atoms with Crippen molar-refractivity contribution >= 4 is 0 Å². The van der Waals surface area contributed by atoms with E-state index in [0.29, 0.717) is 18.4 Å². The Hall–Kier alpha value is -1.68. The van der Waals surface area contributed by atoms with E-state index in [0.717, 1.165) is 12.0 Å². The Bertz CT molecular complexity index is 671. The fourth-order valence-corrected chi connectivity index (χ4v) is 3.63. The molecule has 0 amide bonds. The van der Waals surface area contributed by atoms with E-state index in [1.165, 1.54) is 5.56 Å². The molecule has 3 rings (SSSR count). The van der Waals surface area contributed by atoms with Crippen LogP contribution < -0.4 is 0 Å². The minimum atomic E-state index is -0.320. The minimum absolute atomic E-state index is 0.0129. The predicted molar refractivity (Wildman–Crippen MR) is 108 cm³/mol. The van der Waals surface area contributed by atoms with Crippen LogP contribution in [0.4, 0.5) is 0 Å². The van der Waals surface area contributed by atoms with Gasteiger partial charge in [0.05, 0.1) is 18.8 Å². The molecular weight excluding hydrogens is 336 g/mol. The van der Waals surface area contributed by atoms with Crippen molar-refractivity contribution in [2.24, 2.45) is 11.8 Å². The second-order valence-electron chi connectivity index (χ2n) is 7.81. The summed E-state index contributed by atoms with van der Waals surface area (Å²) in [5.41, 5.74) is 2.27. The van der Waals surface area contributed by atoms with Crippen LogP contribution in [-0.2, 0) is 14.2 Å². The van der Waals surface area contributed by atoms with Gasteiger partial charge in [-0.05, 0) is 17.4 Å². The summed E-state index contributed by atoms with van der Waals surface area (Å²) in [6.07, 6.45) is 0.693. The molecule has 0 radical (unpaired) electrons. The summed E-state index contributed by atoms with van der Waals surface area (Å²) in [5, 5.41) is 0. The van der Waals surface area contributed by atoms with Crippen molar-refractivity contribution in [2.45, 2.75) is 58.7 Å². The van der Waals surface area contributed by atoms with E-state index in [4.69, 9.17) is 14.2 Å². The average Bonchev–Trinajstić information content (AvgIpc) is 2.72. The highest BCUT2D eigenvalue weighted by Gasteiger charge is 2.38. The van der Waals surface area contributed by atoms with Gasteiger partial charge in [-0.3, -0.25) is 0 Å². The quantitative estimate of drug-likeness (QED) is 0.606. The van der Waals surface area contributed by atoms with Crippen molar-refractivity contribution in [2.75, 3.05) is 6.61 Å². The Morgan fingerprint density at radius 1 is 0.963 bits per heavy atom. The van der Waals surface area contributed by atoms with Crippen molar-refractivity contribution in [3.05, 3.63) is 71.8 Å². The van der Waals surface area contributed by atoms with Gasteiger partial charge in [-0.15, -0.1) is 0 Å². The molecule has 0 bridgehead atoms. The first kappa shape index (κ1) is 20.1. The van der Waals surface area contributed by atoms with E-state index in [-0.39, 0.29) is 24.6 Å². The molecule has 1 fully saturated rings. The van der Waals surface area contributed by atoms with Crippen molar-refractivity contribution in [1.29, 1.82) is 0 Å². The van der Waals surface area contributed by atoms with Crippen LogP contribution in [-0.4, -0.2) is 18.8 Å². The van der Waals surface area contributed by atoms with Crippen molar-refractivity contribution in [3.63, 3.8) is 0 Å². The van der Waals surface area contributed by atoms with E-state index in [1.54, 1.807) is 0 Å². The summed E-state index contributed by atoms with van der Waals surface area (Å²) < 4.78 is 19.1. The standard InChI is InChI=1S/C24H32O3/c1-5-18(4)23-21(16-25-24(27-23)20-14-10-7-11-15-20)26-22(17(2)3)19-12-8-6-9-13-19/h6-15,17-18,21-24H,5,16H2,1-4H3/t18-,21?,22?,23?,24?/m1/s1. The van der Waals surface area contributed by atoms with E-state index in [9.17, 15) is 0 Å². The Labute approximate surface area is 163 Å². The Balaban J connectivity index is 1.77. The summed E-state index contributed by atoms with van der Waals surface area (Å²) in [4.78, 5) is 0. The second kappa shape index (κ2) is 9.50. The van der Waals surface area contributed by atoms with Crippen LogP contribution in [0, 0.1) is 11.8 Å². The lowest BCUT2D eigenvalue weighted by Crippen LogP contribution is -2.46. The molecule has 1 aliphatic heterocycles. The lowest BCUT2D eigenvalue weighted by Gasteiger charge is -2.41. The molecule has 2 aromatic carbocycles. The zero-order valence-electron chi connectivity index (χ0n) is 16.9. The first-order valence-corrected chi connectivity index (χ1v) is 10.1. The monoisotopic (exact) mass is 368 g/mol.